The second-order valence-electron chi connectivity index (χ2n) is 4.78. The Balaban J connectivity index is 1.98. The molecule has 1 aliphatic heterocycles. The summed E-state index contributed by atoms with van der Waals surface area (Å²) in [6.45, 7) is 4.43. The van der Waals surface area contributed by atoms with Crippen molar-refractivity contribution >= 4 is 11.4 Å². The maximum absolute atomic E-state index is 10.8. The van der Waals surface area contributed by atoms with E-state index in [1.54, 1.807) is 12.1 Å². The monoisotopic (exact) mass is 280 g/mol. The van der Waals surface area contributed by atoms with Gasteiger partial charge in [-0.15, -0.1) is 0 Å². The zero-order valence-corrected chi connectivity index (χ0v) is 11.6. The maximum Gasteiger partial charge on any atom is 0.269 e. The normalized spacial score (nSPS) is 18.1. The Labute approximate surface area is 118 Å². The Bertz CT molecular complexity index is 458. The number of nitrogens with zero attached hydrogens (tertiary/aromatic N) is 1. The van der Waals surface area contributed by atoms with Gasteiger partial charge in [0.1, 0.15) is 0 Å². The number of non-ortho nitro benzene ring substituents is 1. The second kappa shape index (κ2) is 7.21. The molecule has 0 saturated carbocycles. The highest BCUT2D eigenvalue weighted by Crippen LogP contribution is 2.23. The number of benzene rings is 1. The molecule has 1 saturated heterocycles. The third kappa shape index (κ3) is 3.91. The zero-order valence-electron chi connectivity index (χ0n) is 11.6. The topological polar surface area (TPSA) is 73.6 Å². The van der Waals surface area contributed by atoms with Gasteiger partial charge in [0.15, 0.2) is 0 Å². The van der Waals surface area contributed by atoms with Gasteiger partial charge in [0.2, 0.25) is 0 Å². The van der Waals surface area contributed by atoms with Crippen molar-refractivity contribution in [2.24, 2.45) is 0 Å². The van der Waals surface area contributed by atoms with Crippen molar-refractivity contribution < 1.29 is 14.4 Å². The predicted octanol–water partition coefficient (Wildman–Crippen LogP) is 2.72. The van der Waals surface area contributed by atoms with E-state index in [0.29, 0.717) is 13.2 Å². The highest BCUT2D eigenvalue weighted by molar-refractivity contribution is 5.55. The van der Waals surface area contributed by atoms with E-state index in [1.807, 2.05) is 6.92 Å². The second-order valence-corrected chi connectivity index (χ2v) is 4.78. The van der Waals surface area contributed by atoms with Crippen molar-refractivity contribution in [3.05, 3.63) is 33.9 Å². The molecule has 20 heavy (non-hydrogen) atoms. The minimum Gasteiger partial charge on any atom is -0.385 e. The van der Waals surface area contributed by atoms with Gasteiger partial charge in [0.25, 0.3) is 5.69 Å². The molecule has 110 valence electrons. The molecule has 0 radical (unpaired) electrons. The van der Waals surface area contributed by atoms with Gasteiger partial charge in [-0.25, -0.2) is 0 Å². The highest BCUT2D eigenvalue weighted by atomic mass is 16.6. The van der Waals surface area contributed by atoms with Crippen LogP contribution >= 0.6 is 0 Å². The van der Waals surface area contributed by atoms with Crippen molar-refractivity contribution in [3.8, 4) is 0 Å². The van der Waals surface area contributed by atoms with Gasteiger partial charge in [0, 0.05) is 36.5 Å². The molecule has 0 aromatic heterocycles. The van der Waals surface area contributed by atoms with Gasteiger partial charge in [-0.3, -0.25) is 10.1 Å². The Morgan fingerprint density at radius 3 is 3.05 bits per heavy atom. The molecule has 1 aliphatic rings. The number of rotatable bonds is 7. The lowest BCUT2D eigenvalue weighted by Gasteiger charge is -2.13. The van der Waals surface area contributed by atoms with Crippen LogP contribution in [0.2, 0.25) is 0 Å². The molecule has 6 nitrogen and oxygen atoms in total. The maximum atomic E-state index is 10.8. The van der Waals surface area contributed by atoms with Crippen LogP contribution in [-0.4, -0.2) is 30.8 Å². The van der Waals surface area contributed by atoms with E-state index in [9.17, 15) is 10.1 Å². The Kier molecular flexibility index (Phi) is 5.31. The Morgan fingerprint density at radius 2 is 2.40 bits per heavy atom. The average Bonchev–Trinajstić information content (AvgIpc) is 2.93. The van der Waals surface area contributed by atoms with Crippen molar-refractivity contribution in [2.45, 2.75) is 32.5 Å². The summed E-state index contributed by atoms with van der Waals surface area (Å²) in [6.07, 6.45) is 2.26. The van der Waals surface area contributed by atoms with Gasteiger partial charge in [-0.1, -0.05) is 0 Å². The molecule has 0 aliphatic carbocycles. The van der Waals surface area contributed by atoms with E-state index >= 15 is 0 Å². The van der Waals surface area contributed by atoms with Crippen LogP contribution in [0, 0.1) is 10.1 Å². The molecule has 1 atom stereocenters. The molecule has 1 N–H and O–H groups in total. The largest absolute Gasteiger partial charge is 0.385 e. The van der Waals surface area contributed by atoms with Gasteiger partial charge < -0.3 is 14.8 Å². The van der Waals surface area contributed by atoms with E-state index < -0.39 is 0 Å². The van der Waals surface area contributed by atoms with Crippen molar-refractivity contribution in [3.63, 3.8) is 0 Å². The first-order valence-corrected chi connectivity index (χ1v) is 6.91. The summed E-state index contributed by atoms with van der Waals surface area (Å²) in [5.41, 5.74) is 1.77. The molecule has 0 amide bonds. The van der Waals surface area contributed by atoms with Crippen LogP contribution in [0.25, 0.3) is 0 Å². The third-order valence-electron chi connectivity index (χ3n) is 3.25. The molecule has 1 aromatic carbocycles. The SMILES string of the molecule is CCNc1ccc([N+](=O)[O-])cc1COCC1CCCO1. The van der Waals surface area contributed by atoms with Crippen LogP contribution in [-0.2, 0) is 16.1 Å². The zero-order chi connectivity index (χ0) is 14.4. The van der Waals surface area contributed by atoms with Gasteiger partial charge in [-0.05, 0) is 25.8 Å². The van der Waals surface area contributed by atoms with Crippen LogP contribution in [0.5, 0.6) is 0 Å². The van der Waals surface area contributed by atoms with Crippen molar-refractivity contribution in [1.82, 2.24) is 0 Å². The van der Waals surface area contributed by atoms with E-state index in [0.717, 1.165) is 37.2 Å². The fourth-order valence-corrected chi connectivity index (χ4v) is 2.25. The lowest BCUT2D eigenvalue weighted by atomic mass is 10.1. The molecule has 1 aromatic rings. The van der Waals surface area contributed by atoms with Crippen molar-refractivity contribution in [1.29, 1.82) is 0 Å². The number of nitro benzene ring substituents is 1. The summed E-state index contributed by atoms with van der Waals surface area (Å²) in [6, 6.07) is 4.79. The lowest BCUT2D eigenvalue weighted by molar-refractivity contribution is -0.384. The minimum absolute atomic E-state index is 0.0855. The lowest BCUT2D eigenvalue weighted by Crippen LogP contribution is -2.14. The fourth-order valence-electron chi connectivity index (χ4n) is 2.25. The predicted molar refractivity (Wildman–Crippen MR) is 75.9 cm³/mol. The van der Waals surface area contributed by atoms with E-state index in [4.69, 9.17) is 9.47 Å². The summed E-state index contributed by atoms with van der Waals surface area (Å²) in [5.74, 6) is 0. The standard InChI is InChI=1S/C14H20N2O4/c1-2-15-14-6-5-12(16(17)18)8-11(14)9-19-10-13-4-3-7-20-13/h5-6,8,13,15H,2-4,7,9-10H2,1H3. The summed E-state index contributed by atoms with van der Waals surface area (Å²) < 4.78 is 11.1. The molecule has 1 fully saturated rings. The fraction of sp³-hybridized carbons (Fsp3) is 0.571. The van der Waals surface area contributed by atoms with Crippen LogP contribution in [0.1, 0.15) is 25.3 Å². The molecule has 2 rings (SSSR count). The summed E-state index contributed by atoms with van der Waals surface area (Å²) >= 11 is 0. The van der Waals surface area contributed by atoms with Crippen LogP contribution in [0.15, 0.2) is 18.2 Å². The number of ether oxygens (including phenoxy) is 2. The number of anilines is 1. The minimum atomic E-state index is -0.390. The Hall–Kier alpha value is -1.66. The summed E-state index contributed by atoms with van der Waals surface area (Å²) in [7, 11) is 0. The molecule has 0 spiro atoms. The Morgan fingerprint density at radius 1 is 1.55 bits per heavy atom. The number of nitrogens with one attached hydrogen (secondary N) is 1. The van der Waals surface area contributed by atoms with Crippen LogP contribution < -0.4 is 5.32 Å². The first-order chi connectivity index (χ1) is 9.70. The van der Waals surface area contributed by atoms with Gasteiger partial charge >= 0.3 is 0 Å². The van der Waals surface area contributed by atoms with E-state index in [2.05, 4.69) is 5.32 Å². The molecular formula is C14H20N2O4. The first kappa shape index (κ1) is 14.7. The van der Waals surface area contributed by atoms with Crippen LogP contribution in [0.3, 0.4) is 0 Å². The number of hydrogen-bond acceptors (Lipinski definition) is 5. The van der Waals surface area contributed by atoms with E-state index in [-0.39, 0.29) is 16.7 Å². The highest BCUT2D eigenvalue weighted by Gasteiger charge is 2.16. The molecule has 0 bridgehead atoms. The van der Waals surface area contributed by atoms with Crippen LogP contribution in [0.4, 0.5) is 11.4 Å². The van der Waals surface area contributed by atoms with Crippen molar-refractivity contribution in [2.75, 3.05) is 25.1 Å². The number of nitro groups is 1. The molecule has 1 heterocycles. The quantitative estimate of drug-likeness (QED) is 0.614. The summed E-state index contributed by atoms with van der Waals surface area (Å²) in [5, 5.41) is 14.0. The first-order valence-electron chi connectivity index (χ1n) is 6.91. The smallest absolute Gasteiger partial charge is 0.269 e. The van der Waals surface area contributed by atoms with Gasteiger partial charge in [-0.2, -0.15) is 0 Å². The average molecular weight is 280 g/mol. The number of hydrogen-bond donors (Lipinski definition) is 1. The molecule has 6 heteroatoms. The molecule has 1 unspecified atom stereocenters. The third-order valence-corrected chi connectivity index (χ3v) is 3.25. The molecular weight excluding hydrogens is 260 g/mol. The summed E-state index contributed by atoms with van der Waals surface area (Å²) in [4.78, 5) is 10.4. The van der Waals surface area contributed by atoms with Gasteiger partial charge in [0.05, 0.1) is 24.2 Å². The van der Waals surface area contributed by atoms with E-state index in [1.165, 1.54) is 6.07 Å².